The molecule has 2 unspecified atom stereocenters. The molecule has 1 amide bonds. The Morgan fingerprint density at radius 2 is 2.00 bits per heavy atom. The van der Waals surface area contributed by atoms with Crippen LogP contribution >= 0.6 is 24.8 Å². The zero-order valence-electron chi connectivity index (χ0n) is 14.9. The summed E-state index contributed by atoms with van der Waals surface area (Å²) in [5, 5.41) is 6.53. The van der Waals surface area contributed by atoms with E-state index < -0.39 is 0 Å². The molecule has 2 atom stereocenters. The number of carbonyl (C=O) groups is 1. The first-order valence-corrected chi connectivity index (χ1v) is 8.97. The molecule has 2 aromatic rings. The lowest BCUT2D eigenvalue weighted by molar-refractivity contribution is -0.122. The SMILES string of the molecule is Cl.Cl.O=C(CC1CC2CCC(C1)N2)NCc1ccc(-n2ccnc2)c(F)c1. The Bertz CT molecular complexity index is 744. The molecule has 0 saturated carbocycles. The third-order valence-electron chi connectivity index (χ3n) is 5.33. The van der Waals surface area contributed by atoms with Gasteiger partial charge in [-0.2, -0.15) is 0 Å². The van der Waals surface area contributed by atoms with Crippen LogP contribution in [0, 0.1) is 11.7 Å². The third kappa shape index (κ3) is 5.21. The van der Waals surface area contributed by atoms with Gasteiger partial charge >= 0.3 is 0 Å². The van der Waals surface area contributed by atoms with Gasteiger partial charge in [0, 0.05) is 37.4 Å². The van der Waals surface area contributed by atoms with Gasteiger partial charge in [0.15, 0.2) is 0 Å². The van der Waals surface area contributed by atoms with Gasteiger partial charge in [-0.05, 0) is 49.3 Å². The van der Waals surface area contributed by atoms with Crippen LogP contribution in [0.25, 0.3) is 5.69 Å². The molecule has 8 heteroatoms. The average molecular weight is 415 g/mol. The van der Waals surface area contributed by atoms with Crippen molar-refractivity contribution in [3.8, 4) is 5.69 Å². The number of imidazole rings is 1. The van der Waals surface area contributed by atoms with E-state index in [0.717, 1.165) is 18.4 Å². The first-order chi connectivity index (χ1) is 12.2. The van der Waals surface area contributed by atoms with E-state index in [1.165, 1.54) is 18.9 Å². The monoisotopic (exact) mass is 414 g/mol. The van der Waals surface area contributed by atoms with Gasteiger partial charge < -0.3 is 15.2 Å². The zero-order valence-corrected chi connectivity index (χ0v) is 16.6. The van der Waals surface area contributed by atoms with Crippen LogP contribution in [-0.4, -0.2) is 27.5 Å². The molecule has 2 bridgehead atoms. The van der Waals surface area contributed by atoms with Crippen LogP contribution in [0.3, 0.4) is 0 Å². The number of nitrogens with zero attached hydrogens (tertiary/aromatic N) is 2. The second-order valence-electron chi connectivity index (χ2n) is 7.21. The number of rotatable bonds is 5. The van der Waals surface area contributed by atoms with Crippen LogP contribution in [0.5, 0.6) is 0 Å². The average Bonchev–Trinajstić information content (AvgIpc) is 3.23. The van der Waals surface area contributed by atoms with Gasteiger partial charge in [-0.15, -0.1) is 24.8 Å². The number of aromatic nitrogens is 2. The number of piperidine rings is 1. The van der Waals surface area contributed by atoms with Gasteiger partial charge in [0.1, 0.15) is 5.82 Å². The van der Waals surface area contributed by atoms with E-state index in [1.807, 2.05) is 6.07 Å². The van der Waals surface area contributed by atoms with E-state index in [-0.39, 0.29) is 36.5 Å². The van der Waals surface area contributed by atoms with Crippen LogP contribution < -0.4 is 10.6 Å². The maximum atomic E-state index is 14.2. The van der Waals surface area contributed by atoms with Crippen molar-refractivity contribution in [1.82, 2.24) is 20.2 Å². The molecule has 2 aliphatic rings. The molecular weight excluding hydrogens is 390 g/mol. The number of hydrogen-bond acceptors (Lipinski definition) is 3. The topological polar surface area (TPSA) is 59.0 Å². The molecule has 2 N–H and O–H groups in total. The summed E-state index contributed by atoms with van der Waals surface area (Å²) >= 11 is 0. The van der Waals surface area contributed by atoms with Gasteiger partial charge in [0.25, 0.3) is 0 Å². The second kappa shape index (κ2) is 9.53. The molecular formula is C19H25Cl2FN4O. The predicted octanol–water partition coefficient (Wildman–Crippen LogP) is 3.39. The summed E-state index contributed by atoms with van der Waals surface area (Å²) in [6.07, 6.45) is 10.1. The van der Waals surface area contributed by atoms with Crippen molar-refractivity contribution < 1.29 is 9.18 Å². The summed E-state index contributed by atoms with van der Waals surface area (Å²) in [6.45, 7) is 0.359. The van der Waals surface area contributed by atoms with Crippen LogP contribution in [-0.2, 0) is 11.3 Å². The highest BCUT2D eigenvalue weighted by molar-refractivity contribution is 5.85. The summed E-state index contributed by atoms with van der Waals surface area (Å²) in [5.74, 6) is 0.212. The van der Waals surface area contributed by atoms with Crippen molar-refractivity contribution in [2.24, 2.45) is 5.92 Å². The molecule has 2 saturated heterocycles. The fraction of sp³-hybridized carbons (Fsp3) is 0.474. The minimum absolute atomic E-state index is 0. The van der Waals surface area contributed by atoms with Crippen LogP contribution in [0.4, 0.5) is 4.39 Å². The number of nitrogens with one attached hydrogen (secondary N) is 2. The fourth-order valence-electron chi connectivity index (χ4n) is 4.15. The van der Waals surface area contributed by atoms with Crippen molar-refractivity contribution in [1.29, 1.82) is 0 Å². The van der Waals surface area contributed by atoms with Gasteiger partial charge in [0.05, 0.1) is 12.0 Å². The van der Waals surface area contributed by atoms with E-state index in [0.29, 0.717) is 36.7 Å². The first kappa shape index (κ1) is 21.7. The van der Waals surface area contributed by atoms with Crippen LogP contribution in [0.2, 0.25) is 0 Å². The summed E-state index contributed by atoms with van der Waals surface area (Å²) in [5.41, 5.74) is 1.22. The Labute approximate surface area is 170 Å². The van der Waals surface area contributed by atoms with Crippen LogP contribution in [0.1, 0.15) is 37.7 Å². The molecule has 148 valence electrons. The minimum atomic E-state index is -0.320. The summed E-state index contributed by atoms with van der Waals surface area (Å²) < 4.78 is 15.9. The number of hydrogen-bond donors (Lipinski definition) is 2. The van der Waals surface area contributed by atoms with Gasteiger partial charge in [-0.1, -0.05) is 6.07 Å². The molecule has 2 aliphatic heterocycles. The van der Waals surface area contributed by atoms with Gasteiger partial charge in [0.2, 0.25) is 5.91 Å². The third-order valence-corrected chi connectivity index (χ3v) is 5.33. The zero-order chi connectivity index (χ0) is 17.2. The van der Waals surface area contributed by atoms with E-state index >= 15 is 0 Å². The summed E-state index contributed by atoms with van der Waals surface area (Å²) in [6, 6.07) is 6.22. The Morgan fingerprint density at radius 3 is 2.63 bits per heavy atom. The number of halogens is 3. The standard InChI is InChI=1S/C19H23FN4O.2ClH/c20-17-9-13(1-4-18(17)24-6-5-21-12-24)11-22-19(25)10-14-7-15-2-3-16(8-14)23-15;;/h1,4-6,9,12,14-16,23H,2-3,7-8,10-11H2,(H,22,25);2*1H. The summed E-state index contributed by atoms with van der Waals surface area (Å²) in [7, 11) is 0. The second-order valence-corrected chi connectivity index (χ2v) is 7.21. The normalized spacial score (nSPS) is 23.2. The Hall–Kier alpha value is -1.63. The molecule has 0 radical (unpaired) electrons. The maximum Gasteiger partial charge on any atom is 0.220 e. The van der Waals surface area contributed by atoms with Gasteiger partial charge in [-0.25, -0.2) is 9.37 Å². The Morgan fingerprint density at radius 1 is 1.26 bits per heavy atom. The van der Waals surface area contributed by atoms with E-state index in [4.69, 9.17) is 0 Å². The molecule has 0 aliphatic carbocycles. The van der Waals surface area contributed by atoms with E-state index in [2.05, 4.69) is 15.6 Å². The molecule has 1 aromatic carbocycles. The summed E-state index contributed by atoms with van der Waals surface area (Å²) in [4.78, 5) is 16.1. The molecule has 5 nitrogen and oxygen atoms in total. The smallest absolute Gasteiger partial charge is 0.220 e. The number of fused-ring (bicyclic) bond motifs is 2. The quantitative estimate of drug-likeness (QED) is 0.787. The van der Waals surface area contributed by atoms with Crippen molar-refractivity contribution in [3.63, 3.8) is 0 Å². The van der Waals surface area contributed by atoms with Gasteiger partial charge in [-0.3, -0.25) is 4.79 Å². The lowest BCUT2D eigenvalue weighted by Crippen LogP contribution is -2.39. The molecule has 1 aromatic heterocycles. The van der Waals surface area contributed by atoms with Crippen LogP contribution in [0.15, 0.2) is 36.9 Å². The number of carbonyl (C=O) groups excluding carboxylic acids is 1. The van der Waals surface area contributed by atoms with E-state index in [9.17, 15) is 9.18 Å². The highest BCUT2D eigenvalue weighted by Gasteiger charge is 2.34. The Balaban J connectivity index is 0.00000131. The van der Waals surface area contributed by atoms with Crippen molar-refractivity contribution in [2.75, 3.05) is 0 Å². The predicted molar refractivity (Wildman–Crippen MR) is 107 cm³/mol. The van der Waals surface area contributed by atoms with Crippen molar-refractivity contribution in [3.05, 3.63) is 48.3 Å². The number of amides is 1. The molecule has 4 rings (SSSR count). The molecule has 0 spiro atoms. The highest BCUT2D eigenvalue weighted by atomic mass is 35.5. The molecule has 27 heavy (non-hydrogen) atoms. The van der Waals surface area contributed by atoms with Crippen molar-refractivity contribution in [2.45, 2.75) is 50.7 Å². The van der Waals surface area contributed by atoms with E-state index in [1.54, 1.807) is 29.4 Å². The maximum absolute atomic E-state index is 14.2. The lowest BCUT2D eigenvalue weighted by Gasteiger charge is -2.28. The first-order valence-electron chi connectivity index (χ1n) is 8.97. The number of benzene rings is 1. The molecule has 3 heterocycles. The highest BCUT2D eigenvalue weighted by Crippen LogP contribution is 2.32. The molecule has 2 fully saturated rings. The largest absolute Gasteiger partial charge is 0.352 e. The van der Waals surface area contributed by atoms with Crippen molar-refractivity contribution >= 4 is 30.7 Å². The lowest BCUT2D eigenvalue weighted by atomic mass is 9.89. The Kier molecular flexibility index (Phi) is 7.65. The fourth-order valence-corrected chi connectivity index (χ4v) is 4.15. The minimum Gasteiger partial charge on any atom is -0.352 e.